The molecule has 0 aromatic heterocycles. The van der Waals surface area contributed by atoms with Crippen LogP contribution in [0.3, 0.4) is 0 Å². The summed E-state index contributed by atoms with van der Waals surface area (Å²) in [6.45, 7) is 2.03. The molecule has 1 aliphatic carbocycles. The molecule has 0 aliphatic heterocycles. The number of hydrogen-bond donors (Lipinski definition) is 2. The Bertz CT molecular complexity index is 82.6. The van der Waals surface area contributed by atoms with E-state index < -0.39 is 12.2 Å². The minimum atomic E-state index is -0.431. The monoisotopic (exact) mass is 116 g/mol. The van der Waals surface area contributed by atoms with Gasteiger partial charge < -0.3 is 10.2 Å². The average Bonchev–Trinajstić information content (AvgIpc) is 1.81. The lowest BCUT2D eigenvalue weighted by Gasteiger charge is -2.37. The van der Waals surface area contributed by atoms with Crippen molar-refractivity contribution in [3.63, 3.8) is 0 Å². The Morgan fingerprint density at radius 3 is 2.25 bits per heavy atom. The van der Waals surface area contributed by atoms with E-state index in [4.69, 9.17) is 10.2 Å². The van der Waals surface area contributed by atoms with Crippen LogP contribution in [0.4, 0.5) is 0 Å². The molecule has 1 rings (SSSR count). The van der Waals surface area contributed by atoms with Gasteiger partial charge in [-0.1, -0.05) is 13.3 Å². The van der Waals surface area contributed by atoms with Crippen molar-refractivity contribution < 1.29 is 10.2 Å². The maximum Gasteiger partial charge on any atom is 0.0828 e. The summed E-state index contributed by atoms with van der Waals surface area (Å²) in [5.74, 6) is 0.366. The standard InChI is InChI=1S/C6H12O2/c1-2-4-3-5(7)6(4)8/h4-8H,2-3H2,1H3/t4?,5-,6+/m1/s1. The molecule has 0 aromatic rings. The van der Waals surface area contributed by atoms with Gasteiger partial charge in [-0.25, -0.2) is 0 Å². The van der Waals surface area contributed by atoms with E-state index in [9.17, 15) is 0 Å². The second-order valence-corrected chi connectivity index (χ2v) is 2.46. The Kier molecular flexibility index (Phi) is 1.54. The van der Waals surface area contributed by atoms with Crippen molar-refractivity contribution >= 4 is 0 Å². The summed E-state index contributed by atoms with van der Waals surface area (Å²) < 4.78 is 0. The molecule has 1 unspecified atom stereocenters. The lowest BCUT2D eigenvalue weighted by atomic mass is 9.77. The zero-order chi connectivity index (χ0) is 6.15. The first-order chi connectivity index (χ1) is 3.75. The summed E-state index contributed by atoms with van der Waals surface area (Å²) in [4.78, 5) is 0. The first kappa shape index (κ1) is 6.05. The lowest BCUT2D eigenvalue weighted by Crippen LogP contribution is -2.45. The van der Waals surface area contributed by atoms with E-state index >= 15 is 0 Å². The second-order valence-electron chi connectivity index (χ2n) is 2.46. The van der Waals surface area contributed by atoms with Crippen LogP contribution in [0.2, 0.25) is 0 Å². The zero-order valence-electron chi connectivity index (χ0n) is 5.04. The number of hydrogen-bond acceptors (Lipinski definition) is 2. The fourth-order valence-electron chi connectivity index (χ4n) is 1.12. The molecule has 48 valence electrons. The Morgan fingerprint density at radius 1 is 1.50 bits per heavy atom. The predicted octanol–water partition coefficient (Wildman–Crippen LogP) is 0.138. The van der Waals surface area contributed by atoms with Crippen molar-refractivity contribution in [2.24, 2.45) is 5.92 Å². The van der Waals surface area contributed by atoms with Crippen LogP contribution in [-0.2, 0) is 0 Å². The Balaban J connectivity index is 2.25. The predicted molar refractivity (Wildman–Crippen MR) is 30.4 cm³/mol. The van der Waals surface area contributed by atoms with Gasteiger partial charge in [-0.3, -0.25) is 0 Å². The van der Waals surface area contributed by atoms with E-state index in [2.05, 4.69) is 0 Å². The molecule has 0 saturated heterocycles. The van der Waals surface area contributed by atoms with Gasteiger partial charge in [0.2, 0.25) is 0 Å². The largest absolute Gasteiger partial charge is 0.390 e. The minimum Gasteiger partial charge on any atom is -0.390 e. The summed E-state index contributed by atoms with van der Waals surface area (Å²) >= 11 is 0. The quantitative estimate of drug-likeness (QED) is 0.511. The van der Waals surface area contributed by atoms with Crippen LogP contribution in [0.15, 0.2) is 0 Å². The van der Waals surface area contributed by atoms with Crippen molar-refractivity contribution in [1.82, 2.24) is 0 Å². The molecule has 8 heavy (non-hydrogen) atoms. The van der Waals surface area contributed by atoms with Crippen LogP contribution in [0.5, 0.6) is 0 Å². The maximum absolute atomic E-state index is 8.93. The smallest absolute Gasteiger partial charge is 0.0828 e. The summed E-state index contributed by atoms with van der Waals surface area (Å²) in [6, 6.07) is 0. The van der Waals surface area contributed by atoms with E-state index in [0.29, 0.717) is 5.92 Å². The van der Waals surface area contributed by atoms with Gasteiger partial charge in [-0.2, -0.15) is 0 Å². The van der Waals surface area contributed by atoms with E-state index in [1.807, 2.05) is 6.92 Å². The van der Waals surface area contributed by atoms with Crippen LogP contribution in [-0.4, -0.2) is 22.4 Å². The van der Waals surface area contributed by atoms with E-state index in [1.54, 1.807) is 0 Å². The lowest BCUT2D eigenvalue weighted by molar-refractivity contribution is -0.102. The topological polar surface area (TPSA) is 40.5 Å². The van der Waals surface area contributed by atoms with Gasteiger partial charge in [-0.15, -0.1) is 0 Å². The summed E-state index contributed by atoms with van der Waals surface area (Å²) in [5, 5.41) is 17.7. The fourth-order valence-corrected chi connectivity index (χ4v) is 1.12. The van der Waals surface area contributed by atoms with Crippen molar-refractivity contribution in [3.05, 3.63) is 0 Å². The van der Waals surface area contributed by atoms with E-state index in [1.165, 1.54) is 0 Å². The van der Waals surface area contributed by atoms with Crippen molar-refractivity contribution in [2.45, 2.75) is 32.0 Å². The Labute approximate surface area is 49.1 Å². The van der Waals surface area contributed by atoms with Gasteiger partial charge >= 0.3 is 0 Å². The molecule has 0 spiro atoms. The maximum atomic E-state index is 8.93. The molecular weight excluding hydrogens is 104 g/mol. The average molecular weight is 116 g/mol. The molecular formula is C6H12O2. The van der Waals surface area contributed by atoms with Gasteiger partial charge in [0.25, 0.3) is 0 Å². The first-order valence-electron chi connectivity index (χ1n) is 3.11. The molecule has 1 fully saturated rings. The fraction of sp³-hybridized carbons (Fsp3) is 1.00. The number of aliphatic hydroxyl groups is 2. The summed E-state index contributed by atoms with van der Waals surface area (Å²) in [7, 11) is 0. The van der Waals surface area contributed by atoms with Crippen LogP contribution < -0.4 is 0 Å². The molecule has 1 saturated carbocycles. The highest BCUT2D eigenvalue weighted by Crippen LogP contribution is 2.29. The molecule has 2 N–H and O–H groups in total. The second kappa shape index (κ2) is 2.03. The highest BCUT2D eigenvalue weighted by atomic mass is 16.3. The zero-order valence-corrected chi connectivity index (χ0v) is 5.04. The van der Waals surface area contributed by atoms with E-state index in [0.717, 1.165) is 12.8 Å². The van der Waals surface area contributed by atoms with Crippen LogP contribution in [0, 0.1) is 5.92 Å². The normalized spacial score (nSPS) is 46.1. The Morgan fingerprint density at radius 2 is 2.12 bits per heavy atom. The van der Waals surface area contributed by atoms with Crippen LogP contribution in [0.25, 0.3) is 0 Å². The molecule has 0 amide bonds. The highest BCUT2D eigenvalue weighted by molar-refractivity contribution is 4.87. The van der Waals surface area contributed by atoms with Gasteiger partial charge in [0, 0.05) is 0 Å². The van der Waals surface area contributed by atoms with Crippen molar-refractivity contribution in [2.75, 3.05) is 0 Å². The number of aliphatic hydroxyl groups excluding tert-OH is 2. The van der Waals surface area contributed by atoms with Gasteiger partial charge in [-0.05, 0) is 12.3 Å². The molecule has 2 heteroatoms. The minimum absolute atomic E-state index is 0.366. The van der Waals surface area contributed by atoms with Crippen LogP contribution in [0.1, 0.15) is 19.8 Å². The molecule has 0 aromatic carbocycles. The summed E-state index contributed by atoms with van der Waals surface area (Å²) in [6.07, 6.45) is 0.913. The molecule has 2 nitrogen and oxygen atoms in total. The molecule has 1 aliphatic rings. The highest BCUT2D eigenvalue weighted by Gasteiger charge is 2.36. The summed E-state index contributed by atoms with van der Waals surface area (Å²) in [5.41, 5.74) is 0. The third-order valence-corrected chi connectivity index (χ3v) is 1.95. The van der Waals surface area contributed by atoms with Gasteiger partial charge in [0.15, 0.2) is 0 Å². The SMILES string of the molecule is CCC1C[C@@H](O)[C@H]1O. The van der Waals surface area contributed by atoms with Crippen molar-refractivity contribution in [3.8, 4) is 0 Å². The van der Waals surface area contributed by atoms with E-state index in [-0.39, 0.29) is 0 Å². The molecule has 0 bridgehead atoms. The molecule has 0 radical (unpaired) electrons. The third kappa shape index (κ3) is 0.740. The molecule has 3 atom stereocenters. The molecule has 0 heterocycles. The Hall–Kier alpha value is -0.0800. The van der Waals surface area contributed by atoms with Crippen molar-refractivity contribution in [1.29, 1.82) is 0 Å². The third-order valence-electron chi connectivity index (χ3n) is 1.95. The van der Waals surface area contributed by atoms with Gasteiger partial charge in [0.1, 0.15) is 0 Å². The van der Waals surface area contributed by atoms with Crippen LogP contribution >= 0.6 is 0 Å². The number of rotatable bonds is 1. The first-order valence-corrected chi connectivity index (χ1v) is 3.11. The van der Waals surface area contributed by atoms with Gasteiger partial charge in [0.05, 0.1) is 12.2 Å².